The molecular formula is C8H16N2. The average Bonchev–Trinajstić information content (AvgIpc) is 2.58. The van der Waals surface area contributed by atoms with Crippen LogP contribution in [0.25, 0.3) is 0 Å². The van der Waals surface area contributed by atoms with Gasteiger partial charge in [-0.15, -0.1) is 0 Å². The molecule has 2 fully saturated rings. The van der Waals surface area contributed by atoms with Gasteiger partial charge in [-0.2, -0.15) is 0 Å². The lowest BCUT2D eigenvalue weighted by molar-refractivity contribution is 0.322. The molecule has 1 heterocycles. The molecule has 0 aromatic heterocycles. The fourth-order valence-corrected chi connectivity index (χ4v) is 1.33. The second kappa shape index (κ2) is 2.89. The van der Waals surface area contributed by atoms with Gasteiger partial charge in [0, 0.05) is 6.04 Å². The molecule has 2 nitrogen and oxygen atoms in total. The third-order valence-corrected chi connectivity index (χ3v) is 2.43. The van der Waals surface area contributed by atoms with Crippen LogP contribution in [0.3, 0.4) is 0 Å². The van der Waals surface area contributed by atoms with Crippen LogP contribution in [0.4, 0.5) is 0 Å². The molecule has 0 bridgehead atoms. The number of rotatable bonds is 4. The summed E-state index contributed by atoms with van der Waals surface area (Å²) in [6.07, 6.45) is 4.22. The second-order valence-corrected chi connectivity index (χ2v) is 3.54. The summed E-state index contributed by atoms with van der Waals surface area (Å²) in [5, 5.41) is 6.82. The Labute approximate surface area is 62.4 Å². The highest BCUT2D eigenvalue weighted by Gasteiger charge is 2.21. The smallest absolute Gasteiger partial charge is 0.00682 e. The van der Waals surface area contributed by atoms with Gasteiger partial charge in [0.25, 0.3) is 0 Å². The van der Waals surface area contributed by atoms with Crippen molar-refractivity contribution in [1.29, 1.82) is 0 Å². The van der Waals surface area contributed by atoms with E-state index in [1.807, 2.05) is 0 Å². The molecule has 0 atom stereocenters. The molecule has 0 aromatic carbocycles. The summed E-state index contributed by atoms with van der Waals surface area (Å²) in [6.45, 7) is 3.76. The lowest BCUT2D eigenvalue weighted by Crippen LogP contribution is -2.43. The van der Waals surface area contributed by atoms with Crippen LogP contribution in [-0.2, 0) is 0 Å². The minimum atomic E-state index is 0.896. The maximum absolute atomic E-state index is 3.53. The standard InChI is InChI=1S/C8H16N2/c1-2-8(1)10-4-3-7-5-9-6-7/h7-10H,1-6H2. The van der Waals surface area contributed by atoms with Crippen molar-refractivity contribution in [3.63, 3.8) is 0 Å². The van der Waals surface area contributed by atoms with Crippen molar-refractivity contribution >= 4 is 0 Å². The highest BCUT2D eigenvalue weighted by Crippen LogP contribution is 2.18. The molecule has 0 spiro atoms. The predicted octanol–water partition coefficient (Wildman–Crippen LogP) is 0.348. The van der Waals surface area contributed by atoms with E-state index < -0.39 is 0 Å². The summed E-state index contributed by atoms with van der Waals surface area (Å²) in [4.78, 5) is 0. The molecule has 0 radical (unpaired) electrons. The van der Waals surface area contributed by atoms with Gasteiger partial charge in [0.2, 0.25) is 0 Å². The quantitative estimate of drug-likeness (QED) is 0.588. The Kier molecular flexibility index (Phi) is 1.91. The van der Waals surface area contributed by atoms with Crippen LogP contribution < -0.4 is 10.6 Å². The molecule has 0 amide bonds. The molecule has 2 aliphatic rings. The molecule has 2 N–H and O–H groups in total. The molecule has 1 aliphatic carbocycles. The first-order valence-electron chi connectivity index (χ1n) is 4.39. The maximum Gasteiger partial charge on any atom is 0.00682 e. The van der Waals surface area contributed by atoms with Gasteiger partial charge in [-0.3, -0.25) is 0 Å². The van der Waals surface area contributed by atoms with Crippen LogP contribution in [0.5, 0.6) is 0 Å². The van der Waals surface area contributed by atoms with E-state index in [4.69, 9.17) is 0 Å². The van der Waals surface area contributed by atoms with Gasteiger partial charge < -0.3 is 10.6 Å². The molecule has 1 saturated carbocycles. The zero-order valence-corrected chi connectivity index (χ0v) is 6.40. The van der Waals surface area contributed by atoms with Gasteiger partial charge in [-0.05, 0) is 44.8 Å². The Morgan fingerprint density at radius 3 is 2.60 bits per heavy atom. The van der Waals surface area contributed by atoms with E-state index in [0.29, 0.717) is 0 Å². The van der Waals surface area contributed by atoms with E-state index in [2.05, 4.69) is 10.6 Å². The summed E-state index contributed by atoms with van der Waals surface area (Å²) >= 11 is 0. The van der Waals surface area contributed by atoms with Crippen molar-refractivity contribution in [3.05, 3.63) is 0 Å². The van der Waals surface area contributed by atoms with Gasteiger partial charge in [0.1, 0.15) is 0 Å². The van der Waals surface area contributed by atoms with Crippen molar-refractivity contribution in [2.24, 2.45) is 5.92 Å². The summed E-state index contributed by atoms with van der Waals surface area (Å²) in [5.74, 6) is 0.978. The Hall–Kier alpha value is -0.0800. The van der Waals surface area contributed by atoms with E-state index in [9.17, 15) is 0 Å². The van der Waals surface area contributed by atoms with Gasteiger partial charge in [0.15, 0.2) is 0 Å². The normalized spacial score (nSPS) is 26.4. The molecule has 2 heteroatoms. The Morgan fingerprint density at radius 1 is 1.30 bits per heavy atom. The van der Waals surface area contributed by atoms with E-state index in [1.165, 1.54) is 38.9 Å². The van der Waals surface area contributed by atoms with Crippen LogP contribution in [0.2, 0.25) is 0 Å². The Balaban J connectivity index is 1.46. The highest BCUT2D eigenvalue weighted by molar-refractivity contribution is 4.82. The molecule has 10 heavy (non-hydrogen) atoms. The first-order chi connectivity index (χ1) is 4.95. The first-order valence-corrected chi connectivity index (χ1v) is 4.39. The maximum atomic E-state index is 3.53. The largest absolute Gasteiger partial charge is 0.316 e. The van der Waals surface area contributed by atoms with Crippen molar-refractivity contribution in [2.45, 2.75) is 25.3 Å². The van der Waals surface area contributed by atoms with E-state index in [0.717, 1.165) is 12.0 Å². The summed E-state index contributed by atoms with van der Waals surface area (Å²) in [6, 6.07) is 0.896. The van der Waals surface area contributed by atoms with Crippen LogP contribution in [-0.4, -0.2) is 25.7 Å². The SMILES string of the molecule is C(CC1CNC1)NC1CC1. The molecular weight excluding hydrogens is 124 g/mol. The molecule has 1 aliphatic heterocycles. The van der Waals surface area contributed by atoms with Crippen molar-refractivity contribution < 1.29 is 0 Å². The second-order valence-electron chi connectivity index (χ2n) is 3.54. The molecule has 0 unspecified atom stereocenters. The summed E-state index contributed by atoms with van der Waals surface area (Å²) in [7, 11) is 0. The fourth-order valence-electron chi connectivity index (χ4n) is 1.33. The monoisotopic (exact) mass is 140 g/mol. The average molecular weight is 140 g/mol. The van der Waals surface area contributed by atoms with E-state index in [-0.39, 0.29) is 0 Å². The van der Waals surface area contributed by atoms with Gasteiger partial charge in [-0.25, -0.2) is 0 Å². The van der Waals surface area contributed by atoms with Gasteiger partial charge >= 0.3 is 0 Å². The van der Waals surface area contributed by atoms with Crippen LogP contribution >= 0.6 is 0 Å². The third-order valence-electron chi connectivity index (χ3n) is 2.43. The minimum absolute atomic E-state index is 0.896. The minimum Gasteiger partial charge on any atom is -0.316 e. The van der Waals surface area contributed by atoms with Crippen LogP contribution in [0, 0.1) is 5.92 Å². The first kappa shape index (κ1) is 6.62. The zero-order chi connectivity index (χ0) is 6.81. The third kappa shape index (κ3) is 1.70. The zero-order valence-electron chi connectivity index (χ0n) is 6.40. The van der Waals surface area contributed by atoms with Gasteiger partial charge in [0.05, 0.1) is 0 Å². The Bertz CT molecular complexity index is 106. The summed E-state index contributed by atoms with van der Waals surface area (Å²) in [5.41, 5.74) is 0. The van der Waals surface area contributed by atoms with Crippen LogP contribution in [0.1, 0.15) is 19.3 Å². The predicted molar refractivity (Wildman–Crippen MR) is 42.0 cm³/mol. The molecule has 2 rings (SSSR count). The van der Waals surface area contributed by atoms with Crippen LogP contribution in [0.15, 0.2) is 0 Å². The number of nitrogens with one attached hydrogen (secondary N) is 2. The van der Waals surface area contributed by atoms with E-state index >= 15 is 0 Å². The molecule has 0 aromatic rings. The van der Waals surface area contributed by atoms with E-state index in [1.54, 1.807) is 0 Å². The Morgan fingerprint density at radius 2 is 2.10 bits per heavy atom. The summed E-state index contributed by atoms with van der Waals surface area (Å²) < 4.78 is 0. The topological polar surface area (TPSA) is 24.1 Å². The lowest BCUT2D eigenvalue weighted by Gasteiger charge is -2.26. The van der Waals surface area contributed by atoms with Gasteiger partial charge in [-0.1, -0.05) is 0 Å². The lowest BCUT2D eigenvalue weighted by atomic mass is 10.00. The van der Waals surface area contributed by atoms with Crippen molar-refractivity contribution in [3.8, 4) is 0 Å². The molecule has 1 saturated heterocycles. The number of hydrogen-bond acceptors (Lipinski definition) is 2. The van der Waals surface area contributed by atoms with Crippen molar-refractivity contribution in [2.75, 3.05) is 19.6 Å². The fraction of sp³-hybridized carbons (Fsp3) is 1.00. The highest BCUT2D eigenvalue weighted by atomic mass is 15.0. The molecule has 58 valence electrons. The number of hydrogen-bond donors (Lipinski definition) is 2. The van der Waals surface area contributed by atoms with Crippen molar-refractivity contribution in [1.82, 2.24) is 10.6 Å².